The third-order valence-corrected chi connectivity index (χ3v) is 1.18. The molecule has 0 aliphatic carbocycles. The molecule has 0 fully saturated rings. The first-order valence-electron chi connectivity index (χ1n) is 3.29. The molecule has 0 saturated carbocycles. The van der Waals surface area contributed by atoms with E-state index < -0.39 is 12.3 Å². The van der Waals surface area contributed by atoms with Gasteiger partial charge in [-0.15, -0.1) is 0 Å². The number of rotatable bonds is 5. The average molecular weight is 151 g/mol. The molecule has 0 aliphatic rings. The van der Waals surface area contributed by atoms with E-state index in [1.807, 2.05) is 0 Å². The van der Waals surface area contributed by atoms with Crippen molar-refractivity contribution >= 4 is 0 Å². The van der Waals surface area contributed by atoms with E-state index in [0.717, 1.165) is 0 Å². The lowest BCUT2D eigenvalue weighted by molar-refractivity contribution is -0.0141. The van der Waals surface area contributed by atoms with Gasteiger partial charge >= 0.3 is 0 Å². The summed E-state index contributed by atoms with van der Waals surface area (Å²) in [5.74, 6) is -2.69. The molecule has 0 rings (SSSR count). The minimum Gasteiger partial charge on any atom is -0.207 e. The number of nitrogens with zero attached hydrogens (tertiary/aromatic N) is 1. The van der Waals surface area contributed by atoms with Crippen LogP contribution in [0.1, 0.15) is 26.2 Å². The van der Waals surface area contributed by atoms with E-state index in [9.17, 15) is 13.7 Å². The van der Waals surface area contributed by atoms with Gasteiger partial charge in [-0.1, -0.05) is 18.5 Å². The molecule has 0 aromatic carbocycles. The van der Waals surface area contributed by atoms with Gasteiger partial charge < -0.3 is 0 Å². The molecule has 0 aromatic rings. The Kier molecular flexibility index (Phi) is 4.07. The van der Waals surface area contributed by atoms with Crippen molar-refractivity contribution in [3.63, 3.8) is 0 Å². The quantitative estimate of drug-likeness (QED) is 0.555. The van der Waals surface area contributed by atoms with Gasteiger partial charge in [0.05, 0.1) is 6.54 Å². The molecular weight excluding hydrogens is 140 g/mol. The highest BCUT2D eigenvalue weighted by molar-refractivity contribution is 4.65. The maximum Gasteiger partial charge on any atom is 0.250 e. The van der Waals surface area contributed by atoms with Gasteiger partial charge in [0.15, 0.2) is 0 Å². The zero-order chi connectivity index (χ0) is 8.04. The molecular formula is C6H11F2NO. The first-order valence-corrected chi connectivity index (χ1v) is 3.29. The zero-order valence-corrected chi connectivity index (χ0v) is 5.94. The molecule has 0 amide bonds. The van der Waals surface area contributed by atoms with Crippen LogP contribution in [0.3, 0.4) is 0 Å². The van der Waals surface area contributed by atoms with Crippen molar-refractivity contribution in [2.24, 2.45) is 5.18 Å². The van der Waals surface area contributed by atoms with Gasteiger partial charge in [0.1, 0.15) is 0 Å². The summed E-state index contributed by atoms with van der Waals surface area (Å²) in [7, 11) is 0. The SMILES string of the molecule is CCCC(F)(F)CCN=O. The van der Waals surface area contributed by atoms with E-state index in [-0.39, 0.29) is 13.0 Å². The van der Waals surface area contributed by atoms with E-state index in [0.29, 0.717) is 6.42 Å². The topological polar surface area (TPSA) is 29.4 Å². The lowest BCUT2D eigenvalue weighted by atomic mass is 10.1. The Morgan fingerprint density at radius 1 is 1.40 bits per heavy atom. The third-order valence-electron chi connectivity index (χ3n) is 1.18. The maximum atomic E-state index is 12.4. The Balaban J connectivity index is 3.51. The summed E-state index contributed by atoms with van der Waals surface area (Å²) in [5.41, 5.74) is 0. The maximum absolute atomic E-state index is 12.4. The molecule has 0 atom stereocenters. The number of halogens is 2. The molecule has 0 unspecified atom stereocenters. The van der Waals surface area contributed by atoms with Crippen LogP contribution >= 0.6 is 0 Å². The third kappa shape index (κ3) is 4.35. The van der Waals surface area contributed by atoms with Crippen LogP contribution in [0.4, 0.5) is 8.78 Å². The van der Waals surface area contributed by atoms with Gasteiger partial charge in [0.25, 0.3) is 0 Å². The van der Waals surface area contributed by atoms with E-state index in [1.54, 1.807) is 6.92 Å². The second-order valence-corrected chi connectivity index (χ2v) is 2.21. The van der Waals surface area contributed by atoms with Crippen LogP contribution in [-0.4, -0.2) is 12.5 Å². The monoisotopic (exact) mass is 151 g/mol. The van der Waals surface area contributed by atoms with E-state index in [4.69, 9.17) is 0 Å². The van der Waals surface area contributed by atoms with Gasteiger partial charge in [-0.05, 0) is 0 Å². The Bertz CT molecular complexity index is 106. The second-order valence-electron chi connectivity index (χ2n) is 2.21. The molecule has 10 heavy (non-hydrogen) atoms. The molecule has 0 bridgehead atoms. The Hall–Kier alpha value is -0.540. The number of alkyl halides is 2. The molecule has 0 aromatic heterocycles. The van der Waals surface area contributed by atoms with Crippen molar-refractivity contribution in [1.82, 2.24) is 0 Å². The molecule has 0 saturated heterocycles. The highest BCUT2D eigenvalue weighted by Gasteiger charge is 2.26. The van der Waals surface area contributed by atoms with Gasteiger partial charge in [-0.25, -0.2) is 8.78 Å². The highest BCUT2D eigenvalue weighted by Crippen LogP contribution is 2.23. The summed E-state index contributed by atoms with van der Waals surface area (Å²) in [6.45, 7) is 1.40. The first-order chi connectivity index (χ1) is 4.62. The van der Waals surface area contributed by atoms with Crippen LogP contribution in [0.15, 0.2) is 5.18 Å². The van der Waals surface area contributed by atoms with E-state index in [2.05, 4.69) is 5.18 Å². The van der Waals surface area contributed by atoms with Gasteiger partial charge in [-0.3, -0.25) is 0 Å². The van der Waals surface area contributed by atoms with Crippen LogP contribution in [0.5, 0.6) is 0 Å². The highest BCUT2D eigenvalue weighted by atomic mass is 19.3. The van der Waals surface area contributed by atoms with Crippen LogP contribution in [-0.2, 0) is 0 Å². The van der Waals surface area contributed by atoms with Crippen molar-refractivity contribution < 1.29 is 8.78 Å². The molecule has 2 nitrogen and oxygen atoms in total. The minimum atomic E-state index is -2.69. The standard InChI is InChI=1S/C6H11F2NO/c1-2-3-6(7,8)4-5-9-10/h2-5H2,1H3. The molecule has 0 N–H and O–H groups in total. The smallest absolute Gasteiger partial charge is 0.207 e. The van der Waals surface area contributed by atoms with Crippen LogP contribution < -0.4 is 0 Å². The Morgan fingerprint density at radius 3 is 2.40 bits per heavy atom. The summed E-state index contributed by atoms with van der Waals surface area (Å²) in [5, 5.41) is 2.37. The van der Waals surface area contributed by atoms with Crippen LogP contribution in [0, 0.1) is 4.91 Å². The zero-order valence-electron chi connectivity index (χ0n) is 5.94. The number of hydrogen-bond donors (Lipinski definition) is 0. The normalized spacial score (nSPS) is 11.5. The lowest BCUT2D eigenvalue weighted by Gasteiger charge is -2.11. The summed E-state index contributed by atoms with van der Waals surface area (Å²) in [6, 6.07) is 0. The Morgan fingerprint density at radius 2 is 2.00 bits per heavy atom. The second kappa shape index (κ2) is 4.30. The van der Waals surface area contributed by atoms with Crippen LogP contribution in [0.25, 0.3) is 0 Å². The minimum absolute atomic E-state index is 0.150. The fraction of sp³-hybridized carbons (Fsp3) is 1.00. The van der Waals surface area contributed by atoms with Crippen LogP contribution in [0.2, 0.25) is 0 Å². The molecule has 0 radical (unpaired) electrons. The fourth-order valence-electron chi connectivity index (χ4n) is 0.700. The lowest BCUT2D eigenvalue weighted by Crippen LogP contribution is -2.16. The van der Waals surface area contributed by atoms with Gasteiger partial charge in [0.2, 0.25) is 5.92 Å². The van der Waals surface area contributed by atoms with Crippen molar-refractivity contribution in [1.29, 1.82) is 0 Å². The van der Waals surface area contributed by atoms with E-state index in [1.165, 1.54) is 0 Å². The molecule has 0 heterocycles. The average Bonchev–Trinajstić information content (AvgIpc) is 1.84. The number of hydrogen-bond acceptors (Lipinski definition) is 2. The van der Waals surface area contributed by atoms with Crippen molar-refractivity contribution in [2.45, 2.75) is 32.1 Å². The summed E-state index contributed by atoms with van der Waals surface area (Å²) in [6.07, 6.45) is -0.126. The molecule has 0 aliphatic heterocycles. The summed E-state index contributed by atoms with van der Waals surface area (Å²) in [4.78, 5) is 9.47. The Labute approximate surface area is 58.6 Å². The van der Waals surface area contributed by atoms with E-state index >= 15 is 0 Å². The predicted octanol–water partition coefficient (Wildman–Crippen LogP) is 2.58. The predicted molar refractivity (Wildman–Crippen MR) is 35.1 cm³/mol. The first kappa shape index (κ1) is 9.46. The van der Waals surface area contributed by atoms with Crippen molar-refractivity contribution in [2.75, 3.05) is 6.54 Å². The fourth-order valence-corrected chi connectivity index (χ4v) is 0.700. The van der Waals surface area contributed by atoms with Gasteiger partial charge in [0, 0.05) is 12.8 Å². The van der Waals surface area contributed by atoms with Crippen molar-refractivity contribution in [3.05, 3.63) is 4.91 Å². The molecule has 0 spiro atoms. The molecule has 4 heteroatoms. The van der Waals surface area contributed by atoms with Crippen molar-refractivity contribution in [3.8, 4) is 0 Å². The molecule has 60 valence electrons. The summed E-state index contributed by atoms with van der Waals surface area (Å²) < 4.78 is 24.8. The summed E-state index contributed by atoms with van der Waals surface area (Å²) >= 11 is 0. The van der Waals surface area contributed by atoms with Gasteiger partial charge in [-0.2, -0.15) is 4.91 Å². The number of nitroso groups, excluding NO2 is 1. The largest absolute Gasteiger partial charge is 0.250 e.